The number of halogens is 2. The van der Waals surface area contributed by atoms with Crippen molar-refractivity contribution in [2.45, 2.75) is 44.2 Å². The largest absolute Gasteiger partial charge is 0.393 e. The van der Waals surface area contributed by atoms with E-state index in [9.17, 15) is 14.7 Å². The molecule has 1 saturated carbocycles. The van der Waals surface area contributed by atoms with Crippen LogP contribution in [-0.2, 0) is 0 Å². The van der Waals surface area contributed by atoms with Crippen LogP contribution >= 0.6 is 23.2 Å². The van der Waals surface area contributed by atoms with Gasteiger partial charge in [-0.05, 0) is 80.5 Å². The lowest BCUT2D eigenvalue weighted by molar-refractivity contribution is 0.00727. The number of amides is 2. The van der Waals surface area contributed by atoms with Crippen LogP contribution in [0.2, 0.25) is 10.0 Å². The van der Waals surface area contributed by atoms with Gasteiger partial charge in [-0.15, -0.1) is 0 Å². The number of nitrogens with one attached hydrogen (secondary N) is 1. The molecule has 2 aliphatic rings. The first-order valence-corrected chi connectivity index (χ1v) is 11.0. The van der Waals surface area contributed by atoms with E-state index in [1.54, 1.807) is 36.4 Å². The molecule has 1 heterocycles. The second-order valence-electron chi connectivity index (χ2n) is 8.09. The van der Waals surface area contributed by atoms with Crippen molar-refractivity contribution >= 4 is 40.7 Å². The number of hydrogen-bond donors (Lipinski definition) is 2. The molecule has 0 unspecified atom stereocenters. The Balaban J connectivity index is 1.44. The summed E-state index contributed by atoms with van der Waals surface area (Å²) >= 11 is 12.0. The molecule has 30 heavy (non-hydrogen) atoms. The van der Waals surface area contributed by atoms with E-state index >= 15 is 0 Å². The molecule has 5 nitrogen and oxygen atoms in total. The van der Waals surface area contributed by atoms with Crippen LogP contribution in [0.15, 0.2) is 42.5 Å². The fraction of sp³-hybridized carbons (Fsp3) is 0.391. The highest BCUT2D eigenvalue weighted by Gasteiger charge is 2.38. The predicted molar refractivity (Wildman–Crippen MR) is 118 cm³/mol. The van der Waals surface area contributed by atoms with Gasteiger partial charge in [-0.25, -0.2) is 0 Å². The summed E-state index contributed by atoms with van der Waals surface area (Å²) < 4.78 is 0. The molecule has 2 fully saturated rings. The van der Waals surface area contributed by atoms with Crippen molar-refractivity contribution in [1.29, 1.82) is 0 Å². The van der Waals surface area contributed by atoms with Crippen molar-refractivity contribution in [3.63, 3.8) is 0 Å². The van der Waals surface area contributed by atoms with Crippen molar-refractivity contribution in [2.75, 3.05) is 11.9 Å². The van der Waals surface area contributed by atoms with Crippen molar-refractivity contribution in [2.24, 2.45) is 5.92 Å². The Morgan fingerprint density at radius 3 is 2.53 bits per heavy atom. The number of carbonyl (C=O) groups is 2. The summed E-state index contributed by atoms with van der Waals surface area (Å²) in [5.74, 6) is 0.0595. The van der Waals surface area contributed by atoms with Gasteiger partial charge in [0.2, 0.25) is 0 Å². The van der Waals surface area contributed by atoms with Gasteiger partial charge in [0.15, 0.2) is 0 Å². The van der Waals surface area contributed by atoms with E-state index in [0.29, 0.717) is 27.8 Å². The van der Waals surface area contributed by atoms with Gasteiger partial charge in [0.1, 0.15) is 0 Å². The molecule has 1 saturated heterocycles. The zero-order valence-corrected chi connectivity index (χ0v) is 18.0. The number of piperidine rings is 1. The number of fused-ring (bicyclic) bond motifs is 1. The van der Waals surface area contributed by atoms with Gasteiger partial charge in [-0.3, -0.25) is 9.59 Å². The minimum Gasteiger partial charge on any atom is -0.393 e. The van der Waals surface area contributed by atoms with Crippen LogP contribution in [0.4, 0.5) is 5.69 Å². The van der Waals surface area contributed by atoms with Gasteiger partial charge in [0, 0.05) is 28.9 Å². The van der Waals surface area contributed by atoms with Gasteiger partial charge < -0.3 is 15.3 Å². The number of likely N-dealkylation sites (tertiary alicyclic amines) is 1. The Kier molecular flexibility index (Phi) is 6.32. The molecule has 2 aromatic carbocycles. The van der Waals surface area contributed by atoms with Crippen LogP contribution in [0.25, 0.3) is 0 Å². The Morgan fingerprint density at radius 1 is 1.03 bits per heavy atom. The maximum atomic E-state index is 13.1. The topological polar surface area (TPSA) is 69.6 Å². The second-order valence-corrected chi connectivity index (χ2v) is 8.93. The molecule has 1 aliphatic heterocycles. The lowest BCUT2D eigenvalue weighted by atomic mass is 9.77. The predicted octanol–water partition coefficient (Wildman–Crippen LogP) is 5.01. The molecule has 7 heteroatoms. The number of benzene rings is 2. The third kappa shape index (κ3) is 4.48. The average molecular weight is 447 g/mol. The Bertz CT molecular complexity index is 948. The van der Waals surface area contributed by atoms with E-state index in [0.717, 1.165) is 38.6 Å². The van der Waals surface area contributed by atoms with Crippen molar-refractivity contribution in [1.82, 2.24) is 4.90 Å². The van der Waals surface area contributed by atoms with Crippen molar-refractivity contribution < 1.29 is 14.7 Å². The van der Waals surface area contributed by atoms with Gasteiger partial charge >= 0.3 is 0 Å². The number of nitrogens with zero attached hydrogens (tertiary/aromatic N) is 1. The second kappa shape index (κ2) is 8.96. The number of aliphatic hydroxyl groups excluding tert-OH is 1. The average Bonchev–Trinajstić information content (AvgIpc) is 2.73. The summed E-state index contributed by atoms with van der Waals surface area (Å²) in [6, 6.07) is 11.8. The Hall–Kier alpha value is -2.08. The van der Waals surface area contributed by atoms with Gasteiger partial charge in [-0.1, -0.05) is 23.2 Å². The molecule has 158 valence electrons. The number of anilines is 1. The molecule has 2 amide bonds. The lowest BCUT2D eigenvalue weighted by Gasteiger charge is -2.45. The van der Waals surface area contributed by atoms with E-state index in [4.69, 9.17) is 23.2 Å². The molecule has 0 spiro atoms. The minimum absolute atomic E-state index is 0.0136. The monoisotopic (exact) mass is 446 g/mol. The van der Waals surface area contributed by atoms with E-state index in [-0.39, 0.29) is 29.0 Å². The molecule has 0 aromatic heterocycles. The molecular formula is C23H24Cl2N2O3. The zero-order chi connectivity index (χ0) is 21.3. The van der Waals surface area contributed by atoms with E-state index in [1.807, 2.05) is 4.90 Å². The normalized spacial score (nSPS) is 23.6. The highest BCUT2D eigenvalue weighted by atomic mass is 35.5. The minimum atomic E-state index is -0.338. The molecule has 2 aromatic rings. The van der Waals surface area contributed by atoms with Crippen LogP contribution in [-0.4, -0.2) is 40.5 Å². The maximum absolute atomic E-state index is 13.1. The summed E-state index contributed by atoms with van der Waals surface area (Å²) in [5.41, 5.74) is 1.52. The third-order valence-corrected chi connectivity index (χ3v) is 6.66. The smallest absolute Gasteiger partial charge is 0.257 e. The number of carbonyl (C=O) groups excluding carboxylic acids is 2. The van der Waals surface area contributed by atoms with Crippen LogP contribution < -0.4 is 5.32 Å². The number of hydrogen-bond acceptors (Lipinski definition) is 3. The van der Waals surface area contributed by atoms with Crippen LogP contribution in [0.5, 0.6) is 0 Å². The highest BCUT2D eigenvalue weighted by Crippen LogP contribution is 2.36. The first-order chi connectivity index (χ1) is 14.4. The van der Waals surface area contributed by atoms with Gasteiger partial charge in [0.25, 0.3) is 11.8 Å². The van der Waals surface area contributed by atoms with E-state index < -0.39 is 0 Å². The first-order valence-electron chi connectivity index (χ1n) is 10.3. The molecular weight excluding hydrogens is 423 g/mol. The summed E-state index contributed by atoms with van der Waals surface area (Å²) in [5, 5.41) is 13.5. The molecule has 3 atom stereocenters. The van der Waals surface area contributed by atoms with Crippen LogP contribution in [0.3, 0.4) is 0 Å². The summed E-state index contributed by atoms with van der Waals surface area (Å²) in [4.78, 5) is 27.5. The van der Waals surface area contributed by atoms with Gasteiger partial charge in [-0.2, -0.15) is 0 Å². The first kappa shape index (κ1) is 21.2. The lowest BCUT2D eigenvalue weighted by Crippen LogP contribution is -2.51. The maximum Gasteiger partial charge on any atom is 0.257 e. The summed E-state index contributed by atoms with van der Waals surface area (Å²) in [6.07, 6.45) is 4.20. The molecule has 1 aliphatic carbocycles. The SMILES string of the molecule is O=C(Nc1ccc(C(=O)N2CCC[C@H]3C[C@H](O)CC[C@@H]32)cc1)c1ccc(Cl)cc1Cl. The van der Waals surface area contributed by atoms with E-state index in [2.05, 4.69) is 5.32 Å². The zero-order valence-electron chi connectivity index (χ0n) is 16.5. The van der Waals surface area contributed by atoms with Crippen molar-refractivity contribution in [3.8, 4) is 0 Å². The Morgan fingerprint density at radius 2 is 1.80 bits per heavy atom. The molecule has 0 bridgehead atoms. The summed E-state index contributed by atoms with van der Waals surface area (Å²) in [6.45, 7) is 0.754. The standard InChI is InChI=1S/C23H24Cl2N2O3/c24-16-5-9-19(20(25)13-16)22(29)26-17-6-3-14(4-7-17)23(30)27-11-1-2-15-12-18(28)8-10-21(15)27/h3-7,9,13,15,18,21,28H,1-2,8,10-12H2,(H,26,29)/t15-,18+,21-/m0/s1. The fourth-order valence-electron chi connectivity index (χ4n) is 4.62. The quantitative estimate of drug-likeness (QED) is 0.695. The van der Waals surface area contributed by atoms with Crippen LogP contribution in [0.1, 0.15) is 52.8 Å². The summed E-state index contributed by atoms with van der Waals surface area (Å²) in [7, 11) is 0. The third-order valence-electron chi connectivity index (χ3n) is 6.12. The fourth-order valence-corrected chi connectivity index (χ4v) is 5.11. The highest BCUT2D eigenvalue weighted by molar-refractivity contribution is 6.37. The van der Waals surface area contributed by atoms with E-state index in [1.165, 1.54) is 6.07 Å². The molecule has 2 N–H and O–H groups in total. The van der Waals surface area contributed by atoms with Crippen molar-refractivity contribution in [3.05, 3.63) is 63.6 Å². The molecule has 4 rings (SSSR count). The molecule has 0 radical (unpaired) electrons. The number of aliphatic hydroxyl groups is 1. The Labute approximate surface area is 186 Å². The number of rotatable bonds is 3. The van der Waals surface area contributed by atoms with Crippen LogP contribution in [0, 0.1) is 5.92 Å². The van der Waals surface area contributed by atoms with Gasteiger partial charge in [0.05, 0.1) is 16.7 Å².